The summed E-state index contributed by atoms with van der Waals surface area (Å²) in [6.45, 7) is 0.610. The smallest absolute Gasteiger partial charge is 0.330 e. The molecule has 3 nitrogen and oxygen atoms in total. The Morgan fingerprint density at radius 3 is 2.57 bits per heavy atom. The number of rotatable bonds is 5. The van der Waals surface area contributed by atoms with Crippen LogP contribution in [0.25, 0.3) is 10.9 Å². The average molecular weight is 297 g/mol. The van der Waals surface area contributed by atoms with Crippen molar-refractivity contribution in [3.05, 3.63) is 41.6 Å². The predicted molar refractivity (Wildman–Crippen MR) is 76.6 cm³/mol. The minimum atomic E-state index is -4.37. The zero-order chi connectivity index (χ0) is 15.5. The number of fused-ring (bicyclic) bond motifs is 1. The van der Waals surface area contributed by atoms with Gasteiger partial charge in [0.2, 0.25) is 0 Å². The third kappa shape index (κ3) is 3.71. The summed E-state index contributed by atoms with van der Waals surface area (Å²) in [5, 5.41) is 0.672. The Morgan fingerprint density at radius 1 is 1.14 bits per heavy atom. The quantitative estimate of drug-likeness (QED) is 0.831. The summed E-state index contributed by atoms with van der Waals surface area (Å²) in [5.74, 6) is 0. The molecule has 0 aliphatic carbocycles. The lowest BCUT2D eigenvalue weighted by Crippen LogP contribution is -2.12. The zero-order valence-electron chi connectivity index (χ0n) is 11.5. The Morgan fingerprint density at radius 2 is 1.90 bits per heavy atom. The first-order valence-corrected chi connectivity index (χ1v) is 6.85. The van der Waals surface area contributed by atoms with Crippen molar-refractivity contribution in [2.75, 3.05) is 6.54 Å². The van der Waals surface area contributed by atoms with Gasteiger partial charge < -0.3 is 11.5 Å². The van der Waals surface area contributed by atoms with Crippen molar-refractivity contribution < 1.29 is 13.2 Å². The second-order valence-electron chi connectivity index (χ2n) is 5.02. The third-order valence-electron chi connectivity index (χ3n) is 3.47. The highest BCUT2D eigenvalue weighted by atomic mass is 19.4. The topological polar surface area (TPSA) is 64.9 Å². The predicted octanol–water partition coefficient (Wildman–Crippen LogP) is 3.38. The van der Waals surface area contributed by atoms with Gasteiger partial charge in [-0.1, -0.05) is 12.5 Å². The number of unbranched alkanes of at least 4 members (excludes halogenated alkanes) is 1. The molecule has 0 aliphatic rings. The summed E-state index contributed by atoms with van der Waals surface area (Å²) in [6.07, 6.45) is -0.343. The van der Waals surface area contributed by atoms with Crippen molar-refractivity contribution in [2.24, 2.45) is 11.5 Å². The molecule has 4 N–H and O–H groups in total. The summed E-state index contributed by atoms with van der Waals surface area (Å²) in [5.41, 5.74) is 12.0. The third-order valence-corrected chi connectivity index (χ3v) is 3.47. The van der Waals surface area contributed by atoms with E-state index in [-0.39, 0.29) is 6.04 Å². The molecule has 0 fully saturated rings. The van der Waals surface area contributed by atoms with Crippen molar-refractivity contribution in [2.45, 2.75) is 31.5 Å². The second-order valence-corrected chi connectivity index (χ2v) is 5.02. The molecule has 1 heterocycles. The van der Waals surface area contributed by atoms with Gasteiger partial charge in [-0.3, -0.25) is 4.98 Å². The molecule has 0 saturated carbocycles. The van der Waals surface area contributed by atoms with Crippen LogP contribution in [0.5, 0.6) is 0 Å². The molecule has 114 valence electrons. The largest absolute Gasteiger partial charge is 0.416 e. The molecule has 1 atom stereocenters. The molecule has 0 radical (unpaired) electrons. The summed E-state index contributed by atoms with van der Waals surface area (Å²) in [4.78, 5) is 4.02. The van der Waals surface area contributed by atoms with E-state index >= 15 is 0 Å². The molecule has 0 aliphatic heterocycles. The van der Waals surface area contributed by atoms with Crippen LogP contribution >= 0.6 is 0 Å². The van der Waals surface area contributed by atoms with Gasteiger partial charge in [0.15, 0.2) is 0 Å². The van der Waals surface area contributed by atoms with Gasteiger partial charge in [0, 0.05) is 17.6 Å². The molecule has 1 aromatic heterocycles. The number of alkyl halides is 3. The molecule has 0 amide bonds. The molecule has 2 aromatic rings. The maximum Gasteiger partial charge on any atom is 0.416 e. The number of benzene rings is 1. The summed E-state index contributed by atoms with van der Waals surface area (Å²) in [6, 6.07) is 5.12. The molecule has 0 bridgehead atoms. The molecule has 1 aromatic carbocycles. The molecule has 21 heavy (non-hydrogen) atoms. The number of pyridine rings is 1. The van der Waals surface area contributed by atoms with Crippen LogP contribution in [0.3, 0.4) is 0 Å². The van der Waals surface area contributed by atoms with E-state index in [1.165, 1.54) is 12.3 Å². The van der Waals surface area contributed by atoms with Crippen LogP contribution in [0.1, 0.15) is 36.4 Å². The Balaban J connectivity index is 2.33. The van der Waals surface area contributed by atoms with E-state index in [2.05, 4.69) is 4.98 Å². The van der Waals surface area contributed by atoms with Crippen molar-refractivity contribution in [3.63, 3.8) is 0 Å². The lowest BCUT2D eigenvalue weighted by atomic mass is 9.97. The van der Waals surface area contributed by atoms with Crippen LogP contribution in [0.2, 0.25) is 0 Å². The number of hydrogen-bond donors (Lipinski definition) is 2. The van der Waals surface area contributed by atoms with Crippen LogP contribution in [-0.2, 0) is 6.18 Å². The summed E-state index contributed by atoms with van der Waals surface area (Å²) in [7, 11) is 0. The minimum Gasteiger partial charge on any atom is -0.330 e. The maximum absolute atomic E-state index is 12.7. The summed E-state index contributed by atoms with van der Waals surface area (Å²) < 4.78 is 38.1. The number of aromatic nitrogens is 1. The fraction of sp³-hybridized carbons (Fsp3) is 0.400. The first-order valence-electron chi connectivity index (χ1n) is 6.85. The maximum atomic E-state index is 12.7. The molecule has 1 unspecified atom stereocenters. The molecule has 0 spiro atoms. The highest BCUT2D eigenvalue weighted by Gasteiger charge is 2.30. The van der Waals surface area contributed by atoms with Gasteiger partial charge in [-0.05, 0) is 43.1 Å². The van der Waals surface area contributed by atoms with Crippen LogP contribution in [0.4, 0.5) is 13.2 Å². The van der Waals surface area contributed by atoms with E-state index in [9.17, 15) is 13.2 Å². The Bertz CT molecular complexity index is 611. The SMILES string of the molecule is NCCCCC(N)c1ccnc2cc(C(F)(F)F)ccc12. The van der Waals surface area contributed by atoms with Gasteiger partial charge in [0.05, 0.1) is 11.1 Å². The second kappa shape index (κ2) is 6.41. The minimum absolute atomic E-state index is 0.223. The van der Waals surface area contributed by atoms with Crippen molar-refractivity contribution in [1.29, 1.82) is 0 Å². The van der Waals surface area contributed by atoms with E-state index < -0.39 is 11.7 Å². The lowest BCUT2D eigenvalue weighted by molar-refractivity contribution is -0.137. The zero-order valence-corrected chi connectivity index (χ0v) is 11.5. The van der Waals surface area contributed by atoms with Crippen LogP contribution in [0, 0.1) is 0 Å². The van der Waals surface area contributed by atoms with Crippen molar-refractivity contribution >= 4 is 10.9 Å². The molecule has 6 heteroatoms. The molecule has 2 rings (SSSR count). The van der Waals surface area contributed by atoms with E-state index in [1.807, 2.05) is 0 Å². The van der Waals surface area contributed by atoms with E-state index in [1.54, 1.807) is 6.07 Å². The van der Waals surface area contributed by atoms with Crippen LogP contribution < -0.4 is 11.5 Å². The number of nitrogens with two attached hydrogens (primary N) is 2. The van der Waals surface area contributed by atoms with Crippen molar-refractivity contribution in [3.8, 4) is 0 Å². The van der Waals surface area contributed by atoms with E-state index in [0.717, 1.165) is 37.0 Å². The van der Waals surface area contributed by atoms with Gasteiger partial charge in [-0.25, -0.2) is 0 Å². The average Bonchev–Trinajstić information content (AvgIpc) is 2.45. The number of nitrogens with zero attached hydrogens (tertiary/aromatic N) is 1. The van der Waals surface area contributed by atoms with Gasteiger partial charge in [-0.15, -0.1) is 0 Å². The van der Waals surface area contributed by atoms with Crippen LogP contribution in [-0.4, -0.2) is 11.5 Å². The lowest BCUT2D eigenvalue weighted by Gasteiger charge is -2.15. The van der Waals surface area contributed by atoms with Gasteiger partial charge >= 0.3 is 6.18 Å². The highest BCUT2D eigenvalue weighted by molar-refractivity contribution is 5.83. The monoisotopic (exact) mass is 297 g/mol. The van der Waals surface area contributed by atoms with Crippen molar-refractivity contribution in [1.82, 2.24) is 4.98 Å². The molecular weight excluding hydrogens is 279 g/mol. The fourth-order valence-corrected chi connectivity index (χ4v) is 2.33. The standard InChI is InChI=1S/C15H18F3N3/c16-15(17,18)10-4-5-12-11(6-8-21-14(12)9-10)13(20)3-1-2-7-19/h4-6,8-9,13H,1-3,7,19-20H2. The van der Waals surface area contributed by atoms with Gasteiger partial charge in [-0.2, -0.15) is 13.2 Å². The molecule has 0 saturated heterocycles. The Labute approximate surface area is 121 Å². The first-order chi connectivity index (χ1) is 9.93. The van der Waals surface area contributed by atoms with Gasteiger partial charge in [0.25, 0.3) is 0 Å². The normalized spacial score (nSPS) is 13.6. The van der Waals surface area contributed by atoms with E-state index in [4.69, 9.17) is 11.5 Å². The first kappa shape index (κ1) is 15.7. The Hall–Kier alpha value is -1.66. The fourth-order valence-electron chi connectivity index (χ4n) is 2.33. The van der Waals surface area contributed by atoms with Gasteiger partial charge in [0.1, 0.15) is 0 Å². The number of hydrogen-bond acceptors (Lipinski definition) is 3. The number of halogens is 3. The van der Waals surface area contributed by atoms with Crippen LogP contribution in [0.15, 0.2) is 30.5 Å². The summed E-state index contributed by atoms with van der Waals surface area (Å²) >= 11 is 0. The highest BCUT2D eigenvalue weighted by Crippen LogP contribution is 2.32. The molecular formula is C15H18F3N3. The van der Waals surface area contributed by atoms with E-state index in [0.29, 0.717) is 17.4 Å². The Kier molecular flexibility index (Phi) is 4.80.